The van der Waals surface area contributed by atoms with Gasteiger partial charge in [0.25, 0.3) is 5.69 Å². The number of nitro benzene ring substituents is 1. The number of aromatic nitrogens is 1. The molecule has 0 aliphatic carbocycles. The van der Waals surface area contributed by atoms with Crippen molar-refractivity contribution >= 4 is 22.8 Å². The molecular weight excluding hydrogens is 217 g/mol. The fraction of sp³-hybridized carbons (Fsp3) is 0. The zero-order chi connectivity index (χ0) is 11.7. The van der Waals surface area contributed by atoms with E-state index in [1.807, 2.05) is 0 Å². The van der Waals surface area contributed by atoms with E-state index in [1.165, 1.54) is 6.20 Å². The Morgan fingerprint density at radius 2 is 2.31 bits per heavy atom. The van der Waals surface area contributed by atoms with E-state index < -0.39 is 10.7 Å². The third-order valence-electron chi connectivity index (χ3n) is 2.19. The van der Waals surface area contributed by atoms with Gasteiger partial charge in [-0.15, -0.1) is 0 Å². The van der Waals surface area contributed by atoms with Crippen LogP contribution in [0.2, 0.25) is 0 Å². The van der Waals surface area contributed by atoms with E-state index in [2.05, 4.69) is 10.1 Å². The van der Waals surface area contributed by atoms with E-state index in [0.717, 1.165) is 18.3 Å². The first-order chi connectivity index (χ1) is 7.65. The van der Waals surface area contributed by atoms with Crippen LogP contribution in [-0.4, -0.2) is 21.3 Å². The highest BCUT2D eigenvalue weighted by Gasteiger charge is 2.18. The number of halogens is 1. The minimum atomic E-state index is -0.614. The summed E-state index contributed by atoms with van der Waals surface area (Å²) in [6, 6.07) is 2.08. The predicted molar refractivity (Wildman–Crippen MR) is 54.3 cm³/mol. The van der Waals surface area contributed by atoms with Crippen molar-refractivity contribution in [3.05, 3.63) is 39.8 Å². The number of non-ortho nitro benzene ring substituents is 1. The van der Waals surface area contributed by atoms with Crippen LogP contribution in [-0.2, 0) is 0 Å². The Balaban J connectivity index is 2.83. The molecule has 0 bridgehead atoms. The standard InChI is InChI=1S/C9H6FN3O3/c10-6-1-2-7(13(15)16)9-8(6)5(3-11-9)4-12-14/h1-4,11,14H. The summed E-state index contributed by atoms with van der Waals surface area (Å²) in [6.45, 7) is 0. The lowest BCUT2D eigenvalue weighted by Gasteiger charge is -1.96. The first-order valence-electron chi connectivity index (χ1n) is 4.26. The molecule has 2 N–H and O–H groups in total. The van der Waals surface area contributed by atoms with Crippen LogP contribution in [0.5, 0.6) is 0 Å². The summed E-state index contributed by atoms with van der Waals surface area (Å²) in [6.07, 6.45) is 2.34. The lowest BCUT2D eigenvalue weighted by atomic mass is 10.1. The summed E-state index contributed by atoms with van der Waals surface area (Å²) in [5.74, 6) is -0.614. The average molecular weight is 223 g/mol. The summed E-state index contributed by atoms with van der Waals surface area (Å²) in [5.41, 5.74) is 0.0904. The molecule has 0 saturated heterocycles. The Hall–Kier alpha value is -2.44. The van der Waals surface area contributed by atoms with Crippen molar-refractivity contribution in [3.63, 3.8) is 0 Å². The van der Waals surface area contributed by atoms with Crippen molar-refractivity contribution in [1.82, 2.24) is 4.98 Å². The Morgan fingerprint density at radius 3 is 2.94 bits per heavy atom. The molecule has 7 heteroatoms. The monoisotopic (exact) mass is 223 g/mol. The number of fused-ring (bicyclic) bond motifs is 1. The first-order valence-corrected chi connectivity index (χ1v) is 4.26. The molecule has 0 radical (unpaired) electrons. The minimum absolute atomic E-state index is 0.0343. The highest BCUT2D eigenvalue weighted by Crippen LogP contribution is 2.28. The summed E-state index contributed by atoms with van der Waals surface area (Å²) >= 11 is 0. The van der Waals surface area contributed by atoms with Crippen LogP contribution in [0.3, 0.4) is 0 Å². The molecule has 2 rings (SSSR count). The van der Waals surface area contributed by atoms with Crippen molar-refractivity contribution in [2.45, 2.75) is 0 Å². The third-order valence-corrected chi connectivity index (χ3v) is 2.19. The molecule has 1 heterocycles. The molecule has 1 aromatic heterocycles. The molecule has 16 heavy (non-hydrogen) atoms. The smallest absolute Gasteiger partial charge is 0.293 e. The quantitative estimate of drug-likeness (QED) is 0.353. The van der Waals surface area contributed by atoms with Crippen molar-refractivity contribution in [1.29, 1.82) is 0 Å². The number of H-pyrrole nitrogens is 1. The van der Waals surface area contributed by atoms with Crippen molar-refractivity contribution < 1.29 is 14.5 Å². The zero-order valence-electron chi connectivity index (χ0n) is 7.85. The lowest BCUT2D eigenvalue weighted by molar-refractivity contribution is -0.383. The van der Waals surface area contributed by atoms with Crippen molar-refractivity contribution in [2.24, 2.45) is 5.16 Å². The molecule has 0 atom stereocenters. The maximum atomic E-state index is 13.5. The van der Waals surface area contributed by atoms with E-state index in [1.54, 1.807) is 0 Å². The van der Waals surface area contributed by atoms with E-state index in [-0.39, 0.29) is 22.2 Å². The van der Waals surface area contributed by atoms with E-state index in [0.29, 0.717) is 0 Å². The van der Waals surface area contributed by atoms with Gasteiger partial charge in [0.05, 0.1) is 16.5 Å². The summed E-state index contributed by atoms with van der Waals surface area (Å²) in [7, 11) is 0. The van der Waals surface area contributed by atoms with Gasteiger partial charge in [-0.25, -0.2) is 4.39 Å². The molecule has 0 amide bonds. The maximum Gasteiger partial charge on any atom is 0.293 e. The molecule has 0 unspecified atom stereocenters. The SMILES string of the molecule is O=[N+]([O-])c1ccc(F)c2c(C=NO)c[nH]c12. The van der Waals surface area contributed by atoms with Gasteiger partial charge in [0.2, 0.25) is 0 Å². The second-order valence-electron chi connectivity index (χ2n) is 3.06. The molecule has 1 aromatic carbocycles. The van der Waals surface area contributed by atoms with Crippen LogP contribution in [0.25, 0.3) is 10.9 Å². The number of nitrogens with zero attached hydrogens (tertiary/aromatic N) is 2. The number of rotatable bonds is 2. The Labute approximate surface area is 88.1 Å². The van der Waals surface area contributed by atoms with Gasteiger partial charge in [0, 0.05) is 17.8 Å². The molecule has 0 aliphatic rings. The van der Waals surface area contributed by atoms with E-state index >= 15 is 0 Å². The third kappa shape index (κ3) is 1.38. The average Bonchev–Trinajstić information content (AvgIpc) is 2.63. The van der Waals surface area contributed by atoms with Gasteiger partial charge < -0.3 is 10.2 Å². The number of oxime groups is 1. The molecule has 2 aromatic rings. The fourth-order valence-corrected chi connectivity index (χ4v) is 1.53. The van der Waals surface area contributed by atoms with Crippen molar-refractivity contribution in [3.8, 4) is 0 Å². The molecular formula is C9H6FN3O3. The van der Waals surface area contributed by atoms with Crippen LogP contribution >= 0.6 is 0 Å². The van der Waals surface area contributed by atoms with Crippen LogP contribution in [0, 0.1) is 15.9 Å². The molecule has 0 spiro atoms. The van der Waals surface area contributed by atoms with Gasteiger partial charge in [-0.05, 0) is 6.07 Å². The lowest BCUT2D eigenvalue weighted by Crippen LogP contribution is -1.91. The normalized spacial score (nSPS) is 11.3. The van der Waals surface area contributed by atoms with Gasteiger partial charge in [-0.1, -0.05) is 5.16 Å². The number of nitro groups is 1. The van der Waals surface area contributed by atoms with Gasteiger partial charge in [0.15, 0.2) is 0 Å². The highest BCUT2D eigenvalue weighted by molar-refractivity contribution is 6.02. The minimum Gasteiger partial charge on any atom is -0.411 e. The van der Waals surface area contributed by atoms with Gasteiger partial charge in [0.1, 0.15) is 11.3 Å². The predicted octanol–water partition coefficient (Wildman–Crippen LogP) is 2.02. The van der Waals surface area contributed by atoms with E-state index in [4.69, 9.17) is 5.21 Å². The maximum absolute atomic E-state index is 13.5. The highest BCUT2D eigenvalue weighted by atomic mass is 19.1. The molecule has 0 saturated carbocycles. The summed E-state index contributed by atoms with van der Waals surface area (Å²) < 4.78 is 13.5. The molecule has 0 fully saturated rings. The topological polar surface area (TPSA) is 91.5 Å². The van der Waals surface area contributed by atoms with Gasteiger partial charge >= 0.3 is 0 Å². The second-order valence-corrected chi connectivity index (χ2v) is 3.06. The fourth-order valence-electron chi connectivity index (χ4n) is 1.53. The van der Waals surface area contributed by atoms with Crippen LogP contribution in [0.1, 0.15) is 5.56 Å². The number of hydrogen-bond acceptors (Lipinski definition) is 4. The first kappa shape index (κ1) is 10.1. The molecule has 82 valence electrons. The van der Waals surface area contributed by atoms with Gasteiger partial charge in [-0.3, -0.25) is 10.1 Å². The van der Waals surface area contributed by atoms with E-state index in [9.17, 15) is 14.5 Å². The molecule has 6 nitrogen and oxygen atoms in total. The van der Waals surface area contributed by atoms with Crippen LogP contribution < -0.4 is 0 Å². The summed E-state index contributed by atoms with van der Waals surface area (Å²) in [4.78, 5) is 12.6. The Bertz CT molecular complexity index is 591. The number of aromatic amines is 1. The summed E-state index contributed by atoms with van der Waals surface area (Å²) in [5, 5.41) is 21.8. The van der Waals surface area contributed by atoms with Gasteiger partial charge in [-0.2, -0.15) is 0 Å². The second kappa shape index (κ2) is 3.61. The van der Waals surface area contributed by atoms with Crippen LogP contribution in [0.4, 0.5) is 10.1 Å². The molecule has 0 aliphatic heterocycles. The van der Waals surface area contributed by atoms with Crippen molar-refractivity contribution in [2.75, 3.05) is 0 Å². The Kier molecular flexibility index (Phi) is 2.28. The van der Waals surface area contributed by atoms with Crippen LogP contribution in [0.15, 0.2) is 23.5 Å². The largest absolute Gasteiger partial charge is 0.411 e. The Morgan fingerprint density at radius 1 is 1.56 bits per heavy atom. The number of benzene rings is 1. The number of hydrogen-bond donors (Lipinski definition) is 2. The zero-order valence-corrected chi connectivity index (χ0v) is 7.85. The number of nitrogens with one attached hydrogen (secondary N) is 1.